The van der Waals surface area contributed by atoms with E-state index in [1.54, 1.807) is 7.05 Å². The average Bonchev–Trinajstić information content (AvgIpc) is 1.65. The Morgan fingerprint density at radius 2 is 2.14 bits per heavy atom. The number of likely N-dealkylation sites (N-methyl/N-ethyl adjacent to an activating group) is 1. The van der Waals surface area contributed by atoms with Crippen LogP contribution in [0.2, 0.25) is 0 Å². The average molecular weight is 123 g/mol. The van der Waals surface area contributed by atoms with Gasteiger partial charge in [0, 0.05) is 6.04 Å². The van der Waals surface area contributed by atoms with Gasteiger partial charge in [-0.05, 0) is 14.0 Å². The lowest BCUT2D eigenvalue weighted by molar-refractivity contribution is 0.612. The van der Waals surface area contributed by atoms with Gasteiger partial charge in [-0.15, -0.1) is 11.6 Å². The lowest BCUT2D eigenvalue weighted by Gasteiger charge is -2.10. The van der Waals surface area contributed by atoms with E-state index in [-0.39, 0.29) is 11.5 Å². The molecule has 0 heterocycles. The van der Waals surface area contributed by atoms with Crippen LogP contribution in [0.25, 0.3) is 0 Å². The molecule has 3 N–H and O–H groups in total. The van der Waals surface area contributed by atoms with E-state index in [0.717, 1.165) is 0 Å². The van der Waals surface area contributed by atoms with E-state index >= 15 is 0 Å². The summed E-state index contributed by atoms with van der Waals surface area (Å²) in [5, 5.41) is 2.80. The quantitative estimate of drug-likeness (QED) is 0.403. The second-order valence-corrected chi connectivity index (χ2v) is 2.02. The second-order valence-electron chi connectivity index (χ2n) is 1.55. The molecule has 2 atom stereocenters. The Balaban J connectivity index is 3.14. The summed E-state index contributed by atoms with van der Waals surface area (Å²) < 4.78 is 0. The molecule has 0 saturated carbocycles. The topological polar surface area (TPSA) is 38.0 Å². The standard InChI is InChI=1S/C4H11ClN2/c1-3(6)4(5)7-2/h3-4,7H,6H2,1-2H3/t3?,4-/m1/s1. The van der Waals surface area contributed by atoms with Crippen molar-refractivity contribution in [2.75, 3.05) is 7.05 Å². The zero-order chi connectivity index (χ0) is 5.86. The van der Waals surface area contributed by atoms with Crippen LogP contribution in [0.4, 0.5) is 0 Å². The zero-order valence-corrected chi connectivity index (χ0v) is 5.37. The molecule has 0 bridgehead atoms. The molecule has 44 valence electrons. The van der Waals surface area contributed by atoms with Gasteiger partial charge in [-0.1, -0.05) is 0 Å². The highest BCUT2D eigenvalue weighted by Gasteiger charge is 2.03. The molecule has 0 saturated heterocycles. The molecule has 0 fully saturated rings. The van der Waals surface area contributed by atoms with Crippen molar-refractivity contribution >= 4 is 11.6 Å². The fourth-order valence-corrected chi connectivity index (χ4v) is 0.263. The first kappa shape index (κ1) is 7.21. The molecular formula is C4H11ClN2. The van der Waals surface area contributed by atoms with E-state index in [2.05, 4.69) is 5.32 Å². The summed E-state index contributed by atoms with van der Waals surface area (Å²) in [4.78, 5) is 0. The van der Waals surface area contributed by atoms with E-state index in [1.165, 1.54) is 0 Å². The van der Waals surface area contributed by atoms with E-state index in [1.807, 2.05) is 6.92 Å². The number of alkyl halides is 1. The summed E-state index contributed by atoms with van der Waals surface area (Å²) in [6.07, 6.45) is 0. The monoisotopic (exact) mass is 122 g/mol. The molecule has 0 aromatic rings. The van der Waals surface area contributed by atoms with Crippen molar-refractivity contribution in [1.82, 2.24) is 5.32 Å². The molecule has 3 heteroatoms. The van der Waals surface area contributed by atoms with Crippen LogP contribution >= 0.6 is 11.6 Å². The third-order valence-electron chi connectivity index (χ3n) is 0.737. The molecular weight excluding hydrogens is 112 g/mol. The summed E-state index contributed by atoms with van der Waals surface area (Å²) in [6.45, 7) is 1.86. The highest BCUT2D eigenvalue weighted by atomic mass is 35.5. The molecule has 0 aromatic carbocycles. The Morgan fingerprint density at radius 1 is 1.71 bits per heavy atom. The third-order valence-corrected chi connectivity index (χ3v) is 1.35. The highest BCUT2D eigenvalue weighted by Crippen LogP contribution is 1.91. The van der Waals surface area contributed by atoms with Crippen LogP contribution < -0.4 is 11.1 Å². The van der Waals surface area contributed by atoms with Crippen molar-refractivity contribution in [3.63, 3.8) is 0 Å². The first-order valence-corrected chi connectivity index (χ1v) is 2.69. The molecule has 0 aromatic heterocycles. The van der Waals surface area contributed by atoms with Crippen molar-refractivity contribution in [3.05, 3.63) is 0 Å². The minimum absolute atomic E-state index is 0.0201. The van der Waals surface area contributed by atoms with Crippen molar-refractivity contribution in [2.45, 2.75) is 18.5 Å². The Labute approximate surface area is 49.0 Å². The fourth-order valence-electron chi connectivity index (χ4n) is 0.263. The molecule has 0 aliphatic rings. The SMILES string of the molecule is CN[C@@H](Cl)C(C)N. The second kappa shape index (κ2) is 3.24. The summed E-state index contributed by atoms with van der Waals surface area (Å²) in [5.74, 6) is 0. The minimum Gasteiger partial charge on any atom is -0.326 e. The number of hydrogen-bond donors (Lipinski definition) is 2. The van der Waals surface area contributed by atoms with E-state index in [9.17, 15) is 0 Å². The fraction of sp³-hybridized carbons (Fsp3) is 1.00. The highest BCUT2D eigenvalue weighted by molar-refractivity contribution is 6.20. The number of halogens is 1. The molecule has 0 radical (unpaired) electrons. The first-order valence-electron chi connectivity index (χ1n) is 2.25. The van der Waals surface area contributed by atoms with E-state index < -0.39 is 0 Å². The van der Waals surface area contributed by atoms with Crippen LogP contribution in [0, 0.1) is 0 Å². The van der Waals surface area contributed by atoms with Crippen LogP contribution in [-0.4, -0.2) is 18.6 Å². The summed E-state index contributed by atoms with van der Waals surface area (Å²) in [5.41, 5.74) is 5.25. The summed E-state index contributed by atoms with van der Waals surface area (Å²) >= 11 is 5.56. The smallest absolute Gasteiger partial charge is 0.0973 e. The van der Waals surface area contributed by atoms with Gasteiger partial charge in [0.15, 0.2) is 0 Å². The van der Waals surface area contributed by atoms with Crippen molar-refractivity contribution < 1.29 is 0 Å². The van der Waals surface area contributed by atoms with Gasteiger partial charge in [0.2, 0.25) is 0 Å². The lowest BCUT2D eigenvalue weighted by atomic mass is 10.4. The van der Waals surface area contributed by atoms with Crippen LogP contribution in [-0.2, 0) is 0 Å². The van der Waals surface area contributed by atoms with E-state index in [4.69, 9.17) is 17.3 Å². The molecule has 0 amide bonds. The Kier molecular flexibility index (Phi) is 3.34. The normalized spacial score (nSPS) is 18.9. The minimum atomic E-state index is -0.0972. The van der Waals surface area contributed by atoms with Gasteiger partial charge in [0.1, 0.15) is 0 Å². The molecule has 0 spiro atoms. The summed E-state index contributed by atoms with van der Waals surface area (Å²) in [7, 11) is 1.78. The molecule has 0 aliphatic carbocycles. The largest absolute Gasteiger partial charge is 0.326 e. The predicted octanol–water partition coefficient (Wildman–Crippen LogP) is 0.118. The van der Waals surface area contributed by atoms with Crippen LogP contribution in [0.3, 0.4) is 0 Å². The van der Waals surface area contributed by atoms with Gasteiger partial charge in [-0.25, -0.2) is 0 Å². The Hall–Kier alpha value is 0.210. The molecule has 0 aliphatic heterocycles. The van der Waals surface area contributed by atoms with Gasteiger partial charge < -0.3 is 11.1 Å². The zero-order valence-electron chi connectivity index (χ0n) is 4.61. The Morgan fingerprint density at radius 3 is 2.14 bits per heavy atom. The van der Waals surface area contributed by atoms with Crippen molar-refractivity contribution in [1.29, 1.82) is 0 Å². The van der Waals surface area contributed by atoms with Crippen molar-refractivity contribution in [2.24, 2.45) is 5.73 Å². The number of hydrogen-bond acceptors (Lipinski definition) is 2. The first-order chi connectivity index (χ1) is 3.18. The van der Waals surface area contributed by atoms with Gasteiger partial charge in [-0.2, -0.15) is 0 Å². The molecule has 0 rings (SSSR count). The predicted molar refractivity (Wildman–Crippen MR) is 32.4 cm³/mol. The maximum atomic E-state index is 5.56. The molecule has 7 heavy (non-hydrogen) atoms. The maximum absolute atomic E-state index is 5.56. The van der Waals surface area contributed by atoms with Crippen LogP contribution in [0.1, 0.15) is 6.92 Å². The van der Waals surface area contributed by atoms with Gasteiger partial charge in [-0.3, -0.25) is 0 Å². The Bertz CT molecular complexity index is 47.0. The molecule has 1 unspecified atom stereocenters. The van der Waals surface area contributed by atoms with E-state index in [0.29, 0.717) is 0 Å². The number of nitrogens with one attached hydrogen (secondary N) is 1. The maximum Gasteiger partial charge on any atom is 0.0973 e. The summed E-state index contributed by atoms with van der Waals surface area (Å²) in [6, 6.07) is 0.0201. The lowest BCUT2D eigenvalue weighted by Crippen LogP contribution is -2.36. The number of rotatable bonds is 2. The van der Waals surface area contributed by atoms with Crippen molar-refractivity contribution in [3.8, 4) is 0 Å². The van der Waals surface area contributed by atoms with Crippen LogP contribution in [0.15, 0.2) is 0 Å². The van der Waals surface area contributed by atoms with Gasteiger partial charge in [0.05, 0.1) is 5.50 Å². The molecule has 2 nitrogen and oxygen atoms in total. The van der Waals surface area contributed by atoms with Gasteiger partial charge in [0.25, 0.3) is 0 Å². The van der Waals surface area contributed by atoms with Crippen LogP contribution in [0.5, 0.6) is 0 Å². The third kappa shape index (κ3) is 2.85. The number of nitrogens with two attached hydrogens (primary N) is 1. The van der Waals surface area contributed by atoms with Gasteiger partial charge >= 0.3 is 0 Å².